The van der Waals surface area contributed by atoms with Crippen LogP contribution in [0.4, 0.5) is 0 Å². The van der Waals surface area contributed by atoms with Gasteiger partial charge in [0, 0.05) is 31.2 Å². The number of hydrogen-bond acceptors (Lipinski definition) is 4. The van der Waals surface area contributed by atoms with E-state index in [0.717, 1.165) is 31.0 Å². The van der Waals surface area contributed by atoms with Crippen LogP contribution in [0.15, 0.2) is 18.2 Å². The minimum absolute atomic E-state index is 0.292. The van der Waals surface area contributed by atoms with Crippen LogP contribution in [-0.4, -0.2) is 37.3 Å². The molecule has 0 aromatic heterocycles. The zero-order valence-corrected chi connectivity index (χ0v) is 12.1. The zero-order chi connectivity index (χ0) is 13.8. The van der Waals surface area contributed by atoms with Gasteiger partial charge in [-0.3, -0.25) is 4.90 Å². The number of hydrogen-bond donors (Lipinski definition) is 1. The molecule has 0 aliphatic carbocycles. The Labute approximate surface area is 115 Å². The van der Waals surface area contributed by atoms with Gasteiger partial charge in [0.1, 0.15) is 5.75 Å². The number of methoxy groups -OCH3 is 1. The van der Waals surface area contributed by atoms with E-state index in [4.69, 9.17) is 15.2 Å². The molecule has 0 saturated carbocycles. The molecule has 1 saturated heterocycles. The maximum atomic E-state index is 5.72. The van der Waals surface area contributed by atoms with Gasteiger partial charge in [-0.1, -0.05) is 6.07 Å². The summed E-state index contributed by atoms with van der Waals surface area (Å²) in [5.74, 6) is 0.934. The van der Waals surface area contributed by atoms with Crippen molar-refractivity contribution >= 4 is 0 Å². The fourth-order valence-corrected chi connectivity index (χ4v) is 2.49. The van der Waals surface area contributed by atoms with E-state index >= 15 is 0 Å². The van der Waals surface area contributed by atoms with Crippen molar-refractivity contribution in [2.45, 2.75) is 39.1 Å². The van der Waals surface area contributed by atoms with Gasteiger partial charge in [0.2, 0.25) is 0 Å². The molecule has 19 heavy (non-hydrogen) atoms. The number of morpholine rings is 1. The second-order valence-corrected chi connectivity index (χ2v) is 5.27. The van der Waals surface area contributed by atoms with Crippen molar-refractivity contribution in [1.29, 1.82) is 0 Å². The lowest BCUT2D eigenvalue weighted by Crippen LogP contribution is -2.46. The van der Waals surface area contributed by atoms with Crippen LogP contribution >= 0.6 is 0 Å². The van der Waals surface area contributed by atoms with Crippen molar-refractivity contribution < 1.29 is 9.47 Å². The smallest absolute Gasteiger partial charge is 0.123 e. The van der Waals surface area contributed by atoms with Gasteiger partial charge in [-0.05, 0) is 31.5 Å². The molecule has 4 nitrogen and oxygen atoms in total. The van der Waals surface area contributed by atoms with Crippen molar-refractivity contribution in [3.05, 3.63) is 29.3 Å². The molecule has 2 rings (SSSR count). The summed E-state index contributed by atoms with van der Waals surface area (Å²) < 4.78 is 11.1. The molecule has 1 fully saturated rings. The lowest BCUT2D eigenvalue weighted by molar-refractivity contribution is -0.0528. The first-order chi connectivity index (χ1) is 9.13. The second kappa shape index (κ2) is 6.37. The van der Waals surface area contributed by atoms with Crippen LogP contribution in [0.3, 0.4) is 0 Å². The summed E-state index contributed by atoms with van der Waals surface area (Å²) in [4.78, 5) is 2.44. The maximum absolute atomic E-state index is 5.72. The van der Waals surface area contributed by atoms with E-state index < -0.39 is 0 Å². The monoisotopic (exact) mass is 264 g/mol. The highest BCUT2D eigenvalue weighted by atomic mass is 16.5. The number of rotatable bonds is 4. The molecule has 1 heterocycles. The standard InChI is InChI=1S/C15H24N2O2/c1-11-10-19-12(2)8-17(11)9-14-6-13(7-16)4-5-15(14)18-3/h4-6,11-12H,7-10,16H2,1-3H3. The minimum Gasteiger partial charge on any atom is -0.496 e. The van der Waals surface area contributed by atoms with E-state index in [9.17, 15) is 0 Å². The van der Waals surface area contributed by atoms with Gasteiger partial charge in [0.15, 0.2) is 0 Å². The molecule has 2 unspecified atom stereocenters. The third kappa shape index (κ3) is 3.47. The summed E-state index contributed by atoms with van der Waals surface area (Å²) in [7, 11) is 1.71. The normalized spacial score (nSPS) is 24.4. The summed E-state index contributed by atoms with van der Waals surface area (Å²) >= 11 is 0. The van der Waals surface area contributed by atoms with Gasteiger partial charge >= 0.3 is 0 Å². The summed E-state index contributed by atoms with van der Waals surface area (Å²) in [6.07, 6.45) is 0.292. The molecule has 0 radical (unpaired) electrons. The third-order valence-corrected chi connectivity index (χ3v) is 3.69. The highest BCUT2D eigenvalue weighted by molar-refractivity contribution is 5.37. The minimum atomic E-state index is 0.292. The molecule has 1 aromatic carbocycles. The van der Waals surface area contributed by atoms with E-state index in [1.165, 1.54) is 5.56 Å². The lowest BCUT2D eigenvalue weighted by Gasteiger charge is -2.37. The quantitative estimate of drug-likeness (QED) is 0.900. The van der Waals surface area contributed by atoms with Crippen LogP contribution in [0, 0.1) is 0 Å². The number of ether oxygens (including phenoxy) is 2. The van der Waals surface area contributed by atoms with E-state index in [0.29, 0.717) is 18.7 Å². The average molecular weight is 264 g/mol. The summed E-state index contributed by atoms with van der Waals surface area (Å²) in [6.45, 7) is 7.51. The van der Waals surface area contributed by atoms with Crippen LogP contribution in [0.1, 0.15) is 25.0 Å². The molecule has 0 amide bonds. The average Bonchev–Trinajstić information content (AvgIpc) is 2.42. The molecule has 1 aliphatic heterocycles. The second-order valence-electron chi connectivity index (χ2n) is 5.27. The summed E-state index contributed by atoms with van der Waals surface area (Å²) in [5.41, 5.74) is 8.06. The van der Waals surface area contributed by atoms with Gasteiger partial charge in [0.05, 0.1) is 19.8 Å². The fraction of sp³-hybridized carbons (Fsp3) is 0.600. The van der Waals surface area contributed by atoms with Crippen LogP contribution in [-0.2, 0) is 17.8 Å². The number of nitrogens with two attached hydrogens (primary N) is 1. The number of benzene rings is 1. The maximum Gasteiger partial charge on any atom is 0.123 e. The van der Waals surface area contributed by atoms with Crippen LogP contribution in [0.2, 0.25) is 0 Å². The predicted octanol–water partition coefficient (Wildman–Crippen LogP) is 1.76. The molecule has 106 valence electrons. The third-order valence-electron chi connectivity index (χ3n) is 3.69. The summed E-state index contributed by atoms with van der Waals surface area (Å²) in [6, 6.07) is 6.60. The highest BCUT2D eigenvalue weighted by Gasteiger charge is 2.24. The highest BCUT2D eigenvalue weighted by Crippen LogP contribution is 2.24. The van der Waals surface area contributed by atoms with Crippen molar-refractivity contribution in [3.63, 3.8) is 0 Å². The molecule has 1 aliphatic rings. The van der Waals surface area contributed by atoms with Gasteiger partial charge in [0.25, 0.3) is 0 Å². The Balaban J connectivity index is 2.16. The first-order valence-electron chi connectivity index (χ1n) is 6.85. The predicted molar refractivity (Wildman–Crippen MR) is 76.2 cm³/mol. The van der Waals surface area contributed by atoms with E-state index in [-0.39, 0.29) is 0 Å². The zero-order valence-electron chi connectivity index (χ0n) is 12.1. The Morgan fingerprint density at radius 3 is 2.89 bits per heavy atom. The van der Waals surface area contributed by atoms with Gasteiger partial charge < -0.3 is 15.2 Å². The molecular formula is C15H24N2O2. The van der Waals surface area contributed by atoms with Crippen LogP contribution < -0.4 is 10.5 Å². The van der Waals surface area contributed by atoms with Crippen molar-refractivity contribution in [2.75, 3.05) is 20.3 Å². The number of nitrogens with zero attached hydrogens (tertiary/aromatic N) is 1. The molecular weight excluding hydrogens is 240 g/mol. The van der Waals surface area contributed by atoms with Crippen LogP contribution in [0.5, 0.6) is 5.75 Å². The fourth-order valence-electron chi connectivity index (χ4n) is 2.49. The molecule has 2 atom stereocenters. The SMILES string of the molecule is COc1ccc(CN)cc1CN1CC(C)OCC1C. The Morgan fingerprint density at radius 2 is 2.21 bits per heavy atom. The van der Waals surface area contributed by atoms with Crippen molar-refractivity contribution in [2.24, 2.45) is 5.73 Å². The van der Waals surface area contributed by atoms with Gasteiger partial charge in [-0.15, -0.1) is 0 Å². The largest absolute Gasteiger partial charge is 0.496 e. The molecule has 0 spiro atoms. The Kier molecular flexibility index (Phi) is 4.80. The van der Waals surface area contributed by atoms with Gasteiger partial charge in [-0.25, -0.2) is 0 Å². The Morgan fingerprint density at radius 1 is 1.42 bits per heavy atom. The molecule has 1 aromatic rings. The molecule has 0 bridgehead atoms. The first-order valence-corrected chi connectivity index (χ1v) is 6.85. The molecule has 4 heteroatoms. The topological polar surface area (TPSA) is 47.7 Å². The van der Waals surface area contributed by atoms with Crippen molar-refractivity contribution in [1.82, 2.24) is 4.90 Å². The van der Waals surface area contributed by atoms with Crippen molar-refractivity contribution in [3.8, 4) is 5.75 Å². The van der Waals surface area contributed by atoms with Gasteiger partial charge in [-0.2, -0.15) is 0 Å². The van der Waals surface area contributed by atoms with Crippen LogP contribution in [0.25, 0.3) is 0 Å². The molecule has 2 N–H and O–H groups in total. The lowest BCUT2D eigenvalue weighted by atomic mass is 10.1. The van der Waals surface area contributed by atoms with E-state index in [2.05, 4.69) is 24.8 Å². The van der Waals surface area contributed by atoms with E-state index in [1.54, 1.807) is 7.11 Å². The van der Waals surface area contributed by atoms with E-state index in [1.807, 2.05) is 12.1 Å². The Bertz CT molecular complexity index is 423. The summed E-state index contributed by atoms with van der Waals surface area (Å²) in [5, 5.41) is 0. The Hall–Kier alpha value is -1.10. The first kappa shape index (κ1) is 14.3.